The number of ether oxygens (including phenoxy) is 2. The molecule has 0 aliphatic heterocycles. The number of methoxy groups -OCH3 is 1. The Labute approximate surface area is 111 Å². The van der Waals surface area contributed by atoms with Gasteiger partial charge in [-0.3, -0.25) is 0 Å². The maximum Gasteiger partial charge on any atom is 0.341 e. The van der Waals surface area contributed by atoms with Crippen molar-refractivity contribution in [1.29, 1.82) is 0 Å². The van der Waals surface area contributed by atoms with Crippen molar-refractivity contribution in [2.75, 3.05) is 13.7 Å². The van der Waals surface area contributed by atoms with Gasteiger partial charge in [-0.05, 0) is 35.4 Å². The SMILES string of the molecule is COc1cccc(-c2cccc(OCC(=O)O)c2)c1. The maximum absolute atomic E-state index is 10.5. The lowest BCUT2D eigenvalue weighted by molar-refractivity contribution is -0.139. The second-order valence-electron chi connectivity index (χ2n) is 3.94. The lowest BCUT2D eigenvalue weighted by Gasteiger charge is -2.07. The number of carboxylic acid groups (broad SMARTS) is 1. The van der Waals surface area contributed by atoms with Gasteiger partial charge in [-0.1, -0.05) is 24.3 Å². The minimum absolute atomic E-state index is 0.346. The van der Waals surface area contributed by atoms with Crippen LogP contribution in [-0.4, -0.2) is 24.8 Å². The molecule has 0 saturated carbocycles. The number of hydrogen-bond donors (Lipinski definition) is 1. The molecule has 0 amide bonds. The van der Waals surface area contributed by atoms with Crippen LogP contribution in [0.3, 0.4) is 0 Å². The van der Waals surface area contributed by atoms with Crippen molar-refractivity contribution < 1.29 is 19.4 Å². The molecule has 0 saturated heterocycles. The Balaban J connectivity index is 2.24. The van der Waals surface area contributed by atoms with Gasteiger partial charge in [-0.15, -0.1) is 0 Å². The fourth-order valence-electron chi connectivity index (χ4n) is 1.71. The summed E-state index contributed by atoms with van der Waals surface area (Å²) in [4.78, 5) is 10.5. The lowest BCUT2D eigenvalue weighted by Crippen LogP contribution is -2.09. The predicted octanol–water partition coefficient (Wildman–Crippen LogP) is 2.83. The Morgan fingerprint density at radius 3 is 2.21 bits per heavy atom. The fourth-order valence-corrected chi connectivity index (χ4v) is 1.71. The summed E-state index contributed by atoms with van der Waals surface area (Å²) >= 11 is 0. The highest BCUT2D eigenvalue weighted by atomic mass is 16.5. The first kappa shape index (κ1) is 13.0. The molecule has 2 aromatic rings. The summed E-state index contributed by atoms with van der Waals surface area (Å²) in [5.74, 6) is 0.309. The van der Waals surface area contributed by atoms with Gasteiger partial charge in [0.2, 0.25) is 0 Å². The molecule has 0 atom stereocenters. The van der Waals surface area contributed by atoms with E-state index in [1.807, 2.05) is 36.4 Å². The van der Waals surface area contributed by atoms with E-state index in [0.29, 0.717) is 5.75 Å². The van der Waals surface area contributed by atoms with Crippen molar-refractivity contribution >= 4 is 5.97 Å². The highest BCUT2D eigenvalue weighted by molar-refractivity contribution is 5.69. The van der Waals surface area contributed by atoms with Crippen molar-refractivity contribution in [3.05, 3.63) is 48.5 Å². The molecule has 98 valence electrons. The second kappa shape index (κ2) is 5.91. The molecule has 0 aromatic heterocycles. The van der Waals surface area contributed by atoms with E-state index < -0.39 is 5.97 Å². The number of rotatable bonds is 5. The van der Waals surface area contributed by atoms with Crippen LogP contribution in [0, 0.1) is 0 Å². The summed E-state index contributed by atoms with van der Waals surface area (Å²) in [5.41, 5.74) is 1.93. The van der Waals surface area contributed by atoms with Crippen molar-refractivity contribution in [3.8, 4) is 22.6 Å². The number of carboxylic acids is 1. The molecule has 0 bridgehead atoms. The largest absolute Gasteiger partial charge is 0.497 e. The average molecular weight is 258 g/mol. The summed E-state index contributed by atoms with van der Waals surface area (Å²) in [6.07, 6.45) is 0. The summed E-state index contributed by atoms with van der Waals surface area (Å²) in [6.45, 7) is -0.346. The van der Waals surface area contributed by atoms with Gasteiger partial charge in [0.25, 0.3) is 0 Å². The van der Waals surface area contributed by atoms with Gasteiger partial charge in [0.15, 0.2) is 6.61 Å². The Kier molecular flexibility index (Phi) is 4.03. The average Bonchev–Trinajstić information content (AvgIpc) is 2.45. The summed E-state index contributed by atoms with van der Waals surface area (Å²) in [6, 6.07) is 14.9. The quantitative estimate of drug-likeness (QED) is 0.896. The summed E-state index contributed by atoms with van der Waals surface area (Å²) < 4.78 is 10.3. The lowest BCUT2D eigenvalue weighted by atomic mass is 10.1. The van der Waals surface area contributed by atoms with E-state index in [2.05, 4.69) is 0 Å². The van der Waals surface area contributed by atoms with Crippen LogP contribution in [0.15, 0.2) is 48.5 Å². The molecular weight excluding hydrogens is 244 g/mol. The third kappa shape index (κ3) is 3.48. The van der Waals surface area contributed by atoms with E-state index in [4.69, 9.17) is 14.6 Å². The molecule has 0 fully saturated rings. The van der Waals surface area contributed by atoms with Gasteiger partial charge in [0.05, 0.1) is 7.11 Å². The number of benzene rings is 2. The molecule has 4 nitrogen and oxygen atoms in total. The standard InChI is InChI=1S/C15H14O4/c1-18-13-6-2-4-11(8-13)12-5-3-7-14(9-12)19-10-15(16)17/h2-9H,10H2,1H3,(H,16,17). The first-order valence-corrected chi connectivity index (χ1v) is 5.78. The number of hydrogen-bond acceptors (Lipinski definition) is 3. The highest BCUT2D eigenvalue weighted by Crippen LogP contribution is 2.26. The van der Waals surface area contributed by atoms with Crippen molar-refractivity contribution in [1.82, 2.24) is 0 Å². The van der Waals surface area contributed by atoms with Crippen LogP contribution in [0.4, 0.5) is 0 Å². The summed E-state index contributed by atoms with van der Waals surface area (Å²) in [7, 11) is 1.62. The molecule has 2 rings (SSSR count). The Bertz CT molecular complexity index is 578. The molecule has 0 aliphatic rings. The van der Waals surface area contributed by atoms with Crippen molar-refractivity contribution in [2.24, 2.45) is 0 Å². The van der Waals surface area contributed by atoms with Crippen molar-refractivity contribution in [2.45, 2.75) is 0 Å². The molecule has 4 heteroatoms. The van der Waals surface area contributed by atoms with E-state index in [9.17, 15) is 4.79 Å². The van der Waals surface area contributed by atoms with Gasteiger partial charge in [-0.25, -0.2) is 4.79 Å². The Morgan fingerprint density at radius 1 is 1.05 bits per heavy atom. The van der Waals surface area contributed by atoms with Crippen molar-refractivity contribution in [3.63, 3.8) is 0 Å². The molecule has 19 heavy (non-hydrogen) atoms. The zero-order valence-corrected chi connectivity index (χ0v) is 10.5. The molecule has 0 heterocycles. The van der Waals surface area contributed by atoms with Crippen LogP contribution in [-0.2, 0) is 4.79 Å². The van der Waals surface area contributed by atoms with E-state index >= 15 is 0 Å². The second-order valence-corrected chi connectivity index (χ2v) is 3.94. The maximum atomic E-state index is 10.5. The van der Waals surface area contributed by atoms with Gasteiger partial charge < -0.3 is 14.6 Å². The van der Waals surface area contributed by atoms with Crippen LogP contribution < -0.4 is 9.47 Å². The molecule has 0 spiro atoms. The number of carbonyl (C=O) groups is 1. The monoisotopic (exact) mass is 258 g/mol. The van der Waals surface area contributed by atoms with E-state index in [1.165, 1.54) is 0 Å². The normalized spacial score (nSPS) is 9.95. The van der Waals surface area contributed by atoms with Gasteiger partial charge in [0.1, 0.15) is 11.5 Å². The molecule has 1 N–H and O–H groups in total. The Hall–Kier alpha value is -2.49. The first-order chi connectivity index (χ1) is 9.19. The first-order valence-electron chi connectivity index (χ1n) is 5.78. The topological polar surface area (TPSA) is 55.8 Å². The highest BCUT2D eigenvalue weighted by Gasteiger charge is 2.03. The van der Waals surface area contributed by atoms with E-state index in [1.54, 1.807) is 19.2 Å². The van der Waals surface area contributed by atoms with Gasteiger partial charge in [-0.2, -0.15) is 0 Å². The Morgan fingerprint density at radius 2 is 1.63 bits per heavy atom. The molecule has 0 unspecified atom stereocenters. The van der Waals surface area contributed by atoms with Gasteiger partial charge >= 0.3 is 5.97 Å². The third-order valence-electron chi connectivity index (χ3n) is 2.60. The van der Waals surface area contributed by atoms with Crippen LogP contribution in [0.1, 0.15) is 0 Å². The van der Waals surface area contributed by atoms with Crippen LogP contribution in [0.25, 0.3) is 11.1 Å². The van der Waals surface area contributed by atoms with Crippen LogP contribution >= 0.6 is 0 Å². The molecule has 2 aromatic carbocycles. The van der Waals surface area contributed by atoms with Gasteiger partial charge in [0, 0.05) is 0 Å². The molecular formula is C15H14O4. The smallest absolute Gasteiger partial charge is 0.341 e. The fraction of sp³-hybridized carbons (Fsp3) is 0.133. The van der Waals surface area contributed by atoms with Crippen LogP contribution in [0.5, 0.6) is 11.5 Å². The molecule has 0 aliphatic carbocycles. The molecule has 0 radical (unpaired) electrons. The van der Waals surface area contributed by atoms with E-state index in [-0.39, 0.29) is 6.61 Å². The minimum Gasteiger partial charge on any atom is -0.497 e. The zero-order valence-electron chi connectivity index (χ0n) is 10.5. The van der Waals surface area contributed by atoms with E-state index in [0.717, 1.165) is 16.9 Å². The third-order valence-corrected chi connectivity index (χ3v) is 2.60. The van der Waals surface area contributed by atoms with Crippen LogP contribution in [0.2, 0.25) is 0 Å². The zero-order chi connectivity index (χ0) is 13.7. The summed E-state index contributed by atoms with van der Waals surface area (Å²) in [5, 5.41) is 8.59. The predicted molar refractivity (Wildman–Crippen MR) is 71.6 cm³/mol. The number of aliphatic carboxylic acids is 1. The minimum atomic E-state index is -0.994.